The van der Waals surface area contributed by atoms with Gasteiger partial charge in [0.15, 0.2) is 0 Å². The topological polar surface area (TPSA) is 87.5 Å². The maximum Gasteiger partial charge on any atom is 0.238 e. The number of carbonyl (C=O) groups excluding carboxylic acids is 2. The molecule has 2 rings (SSSR count). The van der Waals surface area contributed by atoms with Gasteiger partial charge in [0.25, 0.3) is 0 Å². The Morgan fingerprint density at radius 2 is 2.35 bits per heavy atom. The maximum atomic E-state index is 13.0. The fourth-order valence-corrected chi connectivity index (χ4v) is 2.05. The van der Waals surface area contributed by atoms with E-state index >= 15 is 0 Å². The Balaban J connectivity index is 1.95. The van der Waals surface area contributed by atoms with Crippen molar-refractivity contribution in [1.82, 2.24) is 10.2 Å². The molecule has 0 bridgehead atoms. The quantitative estimate of drug-likeness (QED) is 0.689. The van der Waals surface area contributed by atoms with Crippen molar-refractivity contribution in [3.63, 3.8) is 0 Å². The van der Waals surface area contributed by atoms with Gasteiger partial charge in [-0.25, -0.2) is 4.39 Å². The summed E-state index contributed by atoms with van der Waals surface area (Å²) in [4.78, 5) is 25.2. The summed E-state index contributed by atoms with van der Waals surface area (Å²) in [6.07, 6.45) is 0. The van der Waals surface area contributed by atoms with Gasteiger partial charge in [-0.2, -0.15) is 0 Å². The van der Waals surface area contributed by atoms with Crippen LogP contribution < -0.4 is 16.4 Å². The van der Waals surface area contributed by atoms with E-state index < -0.39 is 5.82 Å². The number of piperazine rings is 1. The Morgan fingerprint density at radius 3 is 3.05 bits per heavy atom. The second-order valence-electron chi connectivity index (χ2n) is 4.72. The number of halogens is 1. The Hall–Kier alpha value is -2.15. The summed E-state index contributed by atoms with van der Waals surface area (Å²) in [5.74, 6) is -0.878. The molecule has 6 nitrogen and oxygen atoms in total. The van der Waals surface area contributed by atoms with Crippen molar-refractivity contribution in [2.45, 2.75) is 13.0 Å². The van der Waals surface area contributed by atoms with Crippen molar-refractivity contribution in [3.8, 4) is 0 Å². The van der Waals surface area contributed by atoms with Crippen LogP contribution in [0.3, 0.4) is 0 Å². The molecule has 1 aliphatic rings. The zero-order chi connectivity index (χ0) is 14.7. The lowest BCUT2D eigenvalue weighted by molar-refractivity contribution is -0.129. The van der Waals surface area contributed by atoms with Crippen LogP contribution >= 0.6 is 0 Å². The lowest BCUT2D eigenvalue weighted by Crippen LogP contribution is -2.55. The summed E-state index contributed by atoms with van der Waals surface area (Å²) >= 11 is 0. The van der Waals surface area contributed by atoms with Crippen LogP contribution in [0, 0.1) is 5.82 Å². The van der Waals surface area contributed by atoms with Crippen LogP contribution in [-0.4, -0.2) is 42.4 Å². The van der Waals surface area contributed by atoms with E-state index in [2.05, 4.69) is 10.6 Å². The largest absolute Gasteiger partial charge is 0.396 e. The van der Waals surface area contributed by atoms with E-state index in [4.69, 9.17) is 5.73 Å². The van der Waals surface area contributed by atoms with Crippen LogP contribution in [0.1, 0.15) is 6.92 Å². The number of nitrogen functional groups attached to an aromatic ring is 1. The van der Waals surface area contributed by atoms with Gasteiger partial charge in [0.05, 0.1) is 18.3 Å². The molecular formula is C13H17FN4O2. The number of nitrogens with two attached hydrogens (primary N) is 1. The molecular weight excluding hydrogens is 263 g/mol. The summed E-state index contributed by atoms with van der Waals surface area (Å²) in [6, 6.07) is 3.66. The number of rotatable bonds is 3. The van der Waals surface area contributed by atoms with E-state index in [1.807, 2.05) is 0 Å². The van der Waals surface area contributed by atoms with Gasteiger partial charge in [0, 0.05) is 18.8 Å². The molecule has 1 heterocycles. The van der Waals surface area contributed by atoms with Crippen molar-refractivity contribution in [2.75, 3.05) is 30.7 Å². The highest BCUT2D eigenvalue weighted by Gasteiger charge is 2.26. The fourth-order valence-electron chi connectivity index (χ4n) is 2.05. The summed E-state index contributed by atoms with van der Waals surface area (Å²) in [5.41, 5.74) is 5.84. The predicted octanol–water partition coefficient (Wildman–Crippen LogP) is 0.167. The second kappa shape index (κ2) is 5.87. The molecule has 7 heteroatoms. The lowest BCUT2D eigenvalue weighted by Gasteiger charge is -2.31. The highest BCUT2D eigenvalue weighted by molar-refractivity contribution is 5.93. The van der Waals surface area contributed by atoms with Crippen LogP contribution in [0.4, 0.5) is 15.8 Å². The number of hydrogen-bond donors (Lipinski definition) is 3. The van der Waals surface area contributed by atoms with Gasteiger partial charge in [-0.1, -0.05) is 0 Å². The molecule has 0 spiro atoms. The fraction of sp³-hybridized carbons (Fsp3) is 0.385. The molecule has 0 radical (unpaired) electrons. The van der Waals surface area contributed by atoms with Gasteiger partial charge in [-0.05, 0) is 25.1 Å². The second-order valence-corrected chi connectivity index (χ2v) is 4.72. The van der Waals surface area contributed by atoms with Gasteiger partial charge in [-0.3, -0.25) is 14.5 Å². The maximum absolute atomic E-state index is 13.0. The molecule has 1 aromatic rings. The van der Waals surface area contributed by atoms with Crippen molar-refractivity contribution < 1.29 is 14.0 Å². The van der Waals surface area contributed by atoms with Crippen molar-refractivity contribution in [3.05, 3.63) is 24.0 Å². The number of carbonyl (C=O) groups is 2. The van der Waals surface area contributed by atoms with Gasteiger partial charge in [0.1, 0.15) is 5.82 Å². The van der Waals surface area contributed by atoms with Gasteiger partial charge in [0.2, 0.25) is 11.8 Å². The normalized spacial score (nSPS) is 19.5. The van der Waals surface area contributed by atoms with Crippen LogP contribution in [0.5, 0.6) is 0 Å². The zero-order valence-corrected chi connectivity index (χ0v) is 11.1. The minimum absolute atomic E-state index is 0.0199. The van der Waals surface area contributed by atoms with E-state index in [0.717, 1.165) is 0 Å². The Bertz CT molecular complexity index is 535. The number of benzene rings is 1. The lowest BCUT2D eigenvalue weighted by atomic mass is 10.2. The average molecular weight is 280 g/mol. The van der Waals surface area contributed by atoms with Gasteiger partial charge < -0.3 is 16.4 Å². The summed E-state index contributed by atoms with van der Waals surface area (Å²) < 4.78 is 13.0. The first kappa shape index (κ1) is 14.3. The SMILES string of the molecule is CC1C(=O)NCCN1CC(=O)Nc1ccc(F)c(N)c1. The molecule has 1 unspecified atom stereocenters. The smallest absolute Gasteiger partial charge is 0.238 e. The van der Waals surface area contributed by atoms with Crippen LogP contribution in [0.2, 0.25) is 0 Å². The van der Waals surface area contributed by atoms with E-state index in [9.17, 15) is 14.0 Å². The summed E-state index contributed by atoms with van der Waals surface area (Å²) in [7, 11) is 0. The molecule has 2 amide bonds. The van der Waals surface area contributed by atoms with Crippen LogP contribution in [-0.2, 0) is 9.59 Å². The third kappa shape index (κ3) is 3.24. The first-order chi connectivity index (χ1) is 9.47. The van der Waals surface area contributed by atoms with E-state index in [0.29, 0.717) is 18.8 Å². The minimum atomic E-state index is -0.524. The number of nitrogens with one attached hydrogen (secondary N) is 2. The van der Waals surface area contributed by atoms with E-state index in [1.165, 1.54) is 18.2 Å². The molecule has 108 valence electrons. The van der Waals surface area contributed by atoms with E-state index in [-0.39, 0.29) is 30.1 Å². The third-order valence-corrected chi connectivity index (χ3v) is 3.25. The molecule has 1 saturated heterocycles. The number of amides is 2. The van der Waals surface area contributed by atoms with Gasteiger partial charge in [-0.15, -0.1) is 0 Å². The number of anilines is 2. The highest BCUT2D eigenvalue weighted by Crippen LogP contribution is 2.16. The summed E-state index contributed by atoms with van der Waals surface area (Å²) in [6.45, 7) is 3.00. The highest BCUT2D eigenvalue weighted by atomic mass is 19.1. The Labute approximate surface area is 116 Å². The zero-order valence-electron chi connectivity index (χ0n) is 11.1. The Kier molecular flexibility index (Phi) is 4.19. The number of nitrogens with zero attached hydrogens (tertiary/aromatic N) is 1. The molecule has 1 aliphatic heterocycles. The molecule has 1 atom stereocenters. The molecule has 20 heavy (non-hydrogen) atoms. The molecule has 1 fully saturated rings. The minimum Gasteiger partial charge on any atom is -0.396 e. The first-order valence-electron chi connectivity index (χ1n) is 6.34. The van der Waals surface area contributed by atoms with Crippen molar-refractivity contribution in [2.24, 2.45) is 0 Å². The van der Waals surface area contributed by atoms with Crippen molar-refractivity contribution >= 4 is 23.2 Å². The number of hydrogen-bond acceptors (Lipinski definition) is 4. The molecule has 0 aliphatic carbocycles. The van der Waals surface area contributed by atoms with Crippen molar-refractivity contribution in [1.29, 1.82) is 0 Å². The molecule has 4 N–H and O–H groups in total. The molecule has 1 aromatic carbocycles. The Morgan fingerprint density at radius 1 is 1.60 bits per heavy atom. The van der Waals surface area contributed by atoms with Gasteiger partial charge >= 0.3 is 0 Å². The average Bonchev–Trinajstić information content (AvgIpc) is 2.39. The molecule has 0 aromatic heterocycles. The molecule has 0 saturated carbocycles. The predicted molar refractivity (Wildman–Crippen MR) is 73.5 cm³/mol. The third-order valence-electron chi connectivity index (χ3n) is 3.25. The standard InChI is InChI=1S/C13H17FN4O2/c1-8-13(20)16-4-5-18(8)7-12(19)17-9-2-3-10(14)11(15)6-9/h2-3,6,8H,4-5,7,15H2,1H3,(H,16,20)(H,17,19). The monoisotopic (exact) mass is 280 g/mol. The first-order valence-corrected chi connectivity index (χ1v) is 6.34. The van der Waals surface area contributed by atoms with Crippen LogP contribution in [0.15, 0.2) is 18.2 Å². The van der Waals surface area contributed by atoms with E-state index in [1.54, 1.807) is 11.8 Å². The summed E-state index contributed by atoms with van der Waals surface area (Å²) in [5, 5.41) is 5.36. The van der Waals surface area contributed by atoms with Crippen LogP contribution in [0.25, 0.3) is 0 Å².